The molecule has 6 heteroatoms. The SMILES string of the molecule is CC(C)(C)OC(=O)NC1(C(=O)N2CCN(c3ccccc3)CC2)CCCCC1. The van der Waals surface area contributed by atoms with Gasteiger partial charge in [-0.2, -0.15) is 0 Å². The van der Waals surface area contributed by atoms with Crippen LogP contribution in [0.2, 0.25) is 0 Å². The normalized spacial score (nSPS) is 19.8. The number of ether oxygens (including phenoxy) is 1. The maximum absolute atomic E-state index is 13.5. The summed E-state index contributed by atoms with van der Waals surface area (Å²) in [4.78, 5) is 30.1. The highest BCUT2D eigenvalue weighted by atomic mass is 16.6. The number of carbonyl (C=O) groups is 2. The van der Waals surface area contributed by atoms with E-state index < -0.39 is 17.2 Å². The van der Waals surface area contributed by atoms with Crippen LogP contribution in [-0.2, 0) is 9.53 Å². The number of nitrogens with one attached hydrogen (secondary N) is 1. The molecule has 0 unspecified atom stereocenters. The van der Waals surface area contributed by atoms with E-state index in [4.69, 9.17) is 4.74 Å². The van der Waals surface area contributed by atoms with E-state index in [1.165, 1.54) is 5.69 Å². The zero-order valence-corrected chi connectivity index (χ0v) is 17.4. The standard InChI is InChI=1S/C22H33N3O3/c1-21(2,3)28-20(27)23-22(12-8-5-9-13-22)19(26)25-16-14-24(15-17-25)18-10-6-4-7-11-18/h4,6-7,10-11H,5,8-9,12-17H2,1-3H3,(H,23,27). The van der Waals surface area contributed by atoms with Crippen LogP contribution >= 0.6 is 0 Å². The molecule has 1 aliphatic heterocycles. The molecule has 0 spiro atoms. The minimum absolute atomic E-state index is 0.0470. The Kier molecular flexibility index (Phi) is 6.16. The van der Waals surface area contributed by atoms with Crippen molar-refractivity contribution in [3.05, 3.63) is 30.3 Å². The van der Waals surface area contributed by atoms with Crippen molar-refractivity contribution >= 4 is 17.7 Å². The van der Waals surface area contributed by atoms with E-state index in [1.54, 1.807) is 0 Å². The molecule has 0 bridgehead atoms. The summed E-state index contributed by atoms with van der Waals surface area (Å²) in [5, 5.41) is 2.96. The zero-order chi connectivity index (χ0) is 20.2. The van der Waals surface area contributed by atoms with Gasteiger partial charge in [0.05, 0.1) is 0 Å². The molecule has 1 saturated heterocycles. The summed E-state index contributed by atoms with van der Waals surface area (Å²) in [6.07, 6.45) is 3.88. The molecule has 6 nitrogen and oxygen atoms in total. The molecule has 28 heavy (non-hydrogen) atoms. The first-order valence-corrected chi connectivity index (χ1v) is 10.4. The minimum atomic E-state index is -0.824. The van der Waals surface area contributed by atoms with Crippen LogP contribution < -0.4 is 10.2 Å². The number of carbonyl (C=O) groups excluding carboxylic acids is 2. The van der Waals surface area contributed by atoms with Crippen molar-refractivity contribution in [1.29, 1.82) is 0 Å². The molecule has 1 saturated carbocycles. The number of nitrogens with zero attached hydrogens (tertiary/aromatic N) is 2. The molecule has 3 rings (SSSR count). The Morgan fingerprint density at radius 1 is 0.964 bits per heavy atom. The molecule has 0 atom stereocenters. The lowest BCUT2D eigenvalue weighted by molar-refractivity contribution is -0.140. The minimum Gasteiger partial charge on any atom is -0.444 e. The fourth-order valence-electron chi connectivity index (χ4n) is 4.16. The second-order valence-electron chi connectivity index (χ2n) is 8.88. The van der Waals surface area contributed by atoms with Gasteiger partial charge in [-0.05, 0) is 45.7 Å². The summed E-state index contributed by atoms with van der Waals surface area (Å²) in [6.45, 7) is 8.47. The Hall–Kier alpha value is -2.24. The number of para-hydroxylation sites is 1. The molecule has 2 aliphatic rings. The van der Waals surface area contributed by atoms with Crippen LogP contribution in [0, 0.1) is 0 Å². The fraction of sp³-hybridized carbons (Fsp3) is 0.636. The van der Waals surface area contributed by atoms with Crippen LogP contribution in [0.4, 0.5) is 10.5 Å². The average Bonchev–Trinajstić information content (AvgIpc) is 2.67. The van der Waals surface area contributed by atoms with Crippen LogP contribution in [0.5, 0.6) is 0 Å². The van der Waals surface area contributed by atoms with Gasteiger partial charge in [0, 0.05) is 31.9 Å². The smallest absolute Gasteiger partial charge is 0.408 e. The summed E-state index contributed by atoms with van der Waals surface area (Å²) in [5.41, 5.74) is -0.214. The number of hydrogen-bond donors (Lipinski definition) is 1. The monoisotopic (exact) mass is 387 g/mol. The highest BCUT2D eigenvalue weighted by Gasteiger charge is 2.44. The van der Waals surface area contributed by atoms with Crippen molar-refractivity contribution in [3.8, 4) is 0 Å². The van der Waals surface area contributed by atoms with E-state index in [0.717, 1.165) is 32.4 Å². The van der Waals surface area contributed by atoms with Crippen LogP contribution in [0.3, 0.4) is 0 Å². The number of amides is 2. The third-order valence-corrected chi connectivity index (χ3v) is 5.54. The van der Waals surface area contributed by atoms with Crippen LogP contribution in [0.25, 0.3) is 0 Å². The number of benzene rings is 1. The molecule has 0 aromatic heterocycles. The van der Waals surface area contributed by atoms with E-state index in [9.17, 15) is 9.59 Å². The Labute approximate surface area is 168 Å². The summed E-state index contributed by atoms with van der Waals surface area (Å²) in [6, 6.07) is 10.3. The van der Waals surface area contributed by atoms with Crippen molar-refractivity contribution in [2.24, 2.45) is 0 Å². The summed E-state index contributed by atoms with van der Waals surface area (Å²) in [5.74, 6) is 0.0470. The number of anilines is 1. The predicted molar refractivity (Wildman–Crippen MR) is 110 cm³/mol. The van der Waals surface area contributed by atoms with Crippen LogP contribution in [-0.4, -0.2) is 54.2 Å². The van der Waals surface area contributed by atoms with Crippen molar-refractivity contribution < 1.29 is 14.3 Å². The Balaban J connectivity index is 1.66. The van der Waals surface area contributed by atoms with Crippen molar-refractivity contribution in [3.63, 3.8) is 0 Å². The summed E-state index contributed by atoms with van der Waals surface area (Å²) < 4.78 is 5.45. The van der Waals surface area contributed by atoms with Gasteiger partial charge in [0.1, 0.15) is 11.1 Å². The Bertz CT molecular complexity index is 670. The summed E-state index contributed by atoms with van der Waals surface area (Å²) >= 11 is 0. The van der Waals surface area contributed by atoms with Crippen molar-refractivity contribution in [1.82, 2.24) is 10.2 Å². The lowest BCUT2D eigenvalue weighted by Crippen LogP contribution is -2.63. The highest BCUT2D eigenvalue weighted by Crippen LogP contribution is 2.31. The van der Waals surface area contributed by atoms with Crippen LogP contribution in [0.15, 0.2) is 30.3 Å². The maximum atomic E-state index is 13.5. The lowest BCUT2D eigenvalue weighted by Gasteiger charge is -2.43. The van der Waals surface area contributed by atoms with Gasteiger partial charge in [0.15, 0.2) is 0 Å². The second-order valence-corrected chi connectivity index (χ2v) is 8.88. The number of piperazine rings is 1. The number of alkyl carbamates (subject to hydrolysis) is 1. The van der Waals surface area contributed by atoms with Gasteiger partial charge >= 0.3 is 6.09 Å². The van der Waals surface area contributed by atoms with E-state index in [0.29, 0.717) is 25.9 Å². The zero-order valence-electron chi connectivity index (χ0n) is 17.4. The molecule has 0 radical (unpaired) electrons. The van der Waals surface area contributed by atoms with E-state index in [-0.39, 0.29) is 5.91 Å². The third kappa shape index (κ3) is 4.97. The van der Waals surface area contributed by atoms with Gasteiger partial charge in [0.2, 0.25) is 5.91 Å². The first-order valence-electron chi connectivity index (χ1n) is 10.4. The number of rotatable bonds is 3. The third-order valence-electron chi connectivity index (χ3n) is 5.54. The first kappa shape index (κ1) is 20.5. The van der Waals surface area contributed by atoms with Gasteiger partial charge < -0.3 is 19.9 Å². The van der Waals surface area contributed by atoms with E-state index in [1.807, 2.05) is 43.9 Å². The average molecular weight is 388 g/mol. The Morgan fingerprint density at radius 3 is 2.14 bits per heavy atom. The molecule has 1 aromatic rings. The quantitative estimate of drug-likeness (QED) is 0.861. The van der Waals surface area contributed by atoms with E-state index in [2.05, 4.69) is 22.3 Å². The fourth-order valence-corrected chi connectivity index (χ4v) is 4.16. The Morgan fingerprint density at radius 2 is 1.57 bits per heavy atom. The summed E-state index contributed by atoms with van der Waals surface area (Å²) in [7, 11) is 0. The highest BCUT2D eigenvalue weighted by molar-refractivity contribution is 5.90. The van der Waals surface area contributed by atoms with Gasteiger partial charge in [-0.1, -0.05) is 37.5 Å². The molecular formula is C22H33N3O3. The van der Waals surface area contributed by atoms with Gasteiger partial charge in [-0.15, -0.1) is 0 Å². The van der Waals surface area contributed by atoms with E-state index >= 15 is 0 Å². The first-order chi connectivity index (χ1) is 13.3. The molecular weight excluding hydrogens is 354 g/mol. The molecule has 1 aliphatic carbocycles. The molecule has 2 amide bonds. The largest absolute Gasteiger partial charge is 0.444 e. The predicted octanol–water partition coefficient (Wildman–Crippen LogP) is 3.56. The maximum Gasteiger partial charge on any atom is 0.408 e. The molecule has 154 valence electrons. The molecule has 1 heterocycles. The van der Waals surface area contributed by atoms with Gasteiger partial charge in [0.25, 0.3) is 0 Å². The molecule has 1 aromatic carbocycles. The number of hydrogen-bond acceptors (Lipinski definition) is 4. The second kappa shape index (κ2) is 8.41. The van der Waals surface area contributed by atoms with Gasteiger partial charge in [-0.25, -0.2) is 4.79 Å². The van der Waals surface area contributed by atoms with Crippen molar-refractivity contribution in [2.75, 3.05) is 31.1 Å². The van der Waals surface area contributed by atoms with Crippen molar-refractivity contribution in [2.45, 2.75) is 64.0 Å². The lowest BCUT2D eigenvalue weighted by atomic mass is 9.80. The van der Waals surface area contributed by atoms with Gasteiger partial charge in [-0.3, -0.25) is 4.79 Å². The molecule has 2 fully saturated rings. The van der Waals surface area contributed by atoms with Crippen LogP contribution in [0.1, 0.15) is 52.9 Å². The topological polar surface area (TPSA) is 61.9 Å². The molecule has 1 N–H and O–H groups in total.